The van der Waals surface area contributed by atoms with Gasteiger partial charge in [0, 0.05) is 12.9 Å². The Hall–Kier alpha value is -0.560. The van der Waals surface area contributed by atoms with E-state index in [0.717, 1.165) is 0 Å². The molecule has 0 fully saturated rings. The van der Waals surface area contributed by atoms with Crippen molar-refractivity contribution >= 4 is 20.4 Å². The maximum atomic E-state index is 12.2. The topological polar surface area (TPSA) is 73.1 Å². The second kappa shape index (κ2) is 4.31. The second-order valence-corrected chi connectivity index (χ2v) is 8.19. The molecule has 6 heteroatoms. The molecular formula is C8H13N2O2P2+. The van der Waals surface area contributed by atoms with Crippen LogP contribution in [0.3, 0.4) is 0 Å². The van der Waals surface area contributed by atoms with Crippen molar-refractivity contribution in [3.8, 4) is 0 Å². The molecule has 0 bridgehead atoms. The molecule has 0 aliphatic rings. The fraction of sp³-hybridized carbons (Fsp3) is 0.375. The zero-order valence-electron chi connectivity index (χ0n) is 8.12. The van der Waals surface area contributed by atoms with Crippen molar-refractivity contribution < 1.29 is 9.13 Å². The summed E-state index contributed by atoms with van der Waals surface area (Å²) >= 11 is 0. The Morgan fingerprint density at radius 1 is 1.57 bits per heavy atom. The highest BCUT2D eigenvalue weighted by Gasteiger charge is 2.39. The van der Waals surface area contributed by atoms with Crippen molar-refractivity contribution in [3.05, 3.63) is 24.4 Å². The molecule has 1 aromatic heterocycles. The van der Waals surface area contributed by atoms with Crippen molar-refractivity contribution in [1.82, 2.24) is 4.98 Å². The molecule has 0 amide bonds. The molecular weight excluding hydrogens is 218 g/mol. The summed E-state index contributed by atoms with van der Waals surface area (Å²) in [5, 5.41) is 0. The van der Waals surface area contributed by atoms with Crippen LogP contribution in [0.2, 0.25) is 0 Å². The summed E-state index contributed by atoms with van der Waals surface area (Å²) in [4.78, 5) is 3.98. The molecule has 0 saturated heterocycles. The highest BCUT2D eigenvalue weighted by Crippen LogP contribution is 2.51. The molecule has 1 rings (SSSR count). The van der Waals surface area contributed by atoms with Gasteiger partial charge in [-0.15, -0.1) is 0 Å². The van der Waals surface area contributed by atoms with Gasteiger partial charge in [0.05, 0.1) is 0 Å². The van der Waals surface area contributed by atoms with Gasteiger partial charge in [0.25, 0.3) is 5.52 Å². The van der Waals surface area contributed by atoms with Gasteiger partial charge >= 0.3 is 7.80 Å². The minimum absolute atomic E-state index is 0.442. The maximum Gasteiger partial charge on any atom is 0.362 e. The molecule has 0 radical (unpaired) electrons. The lowest BCUT2D eigenvalue weighted by atomic mass is 10.5. The Bertz CT molecular complexity index is 380. The molecule has 0 saturated carbocycles. The smallest absolute Gasteiger partial charge is 0.311 e. The SMILES string of the molecule is C[P+](=O)C(N)P(C)(=O)c1ccccn1. The molecule has 0 spiro atoms. The summed E-state index contributed by atoms with van der Waals surface area (Å²) in [6.45, 7) is 3.01. The van der Waals surface area contributed by atoms with E-state index in [1.54, 1.807) is 24.4 Å². The van der Waals surface area contributed by atoms with Crippen LogP contribution < -0.4 is 11.2 Å². The molecule has 76 valence electrons. The van der Waals surface area contributed by atoms with E-state index in [1.165, 1.54) is 13.3 Å². The summed E-state index contributed by atoms with van der Waals surface area (Å²) in [6, 6.07) is 5.13. The van der Waals surface area contributed by atoms with Crippen LogP contribution in [-0.2, 0) is 9.13 Å². The van der Waals surface area contributed by atoms with Crippen molar-refractivity contribution in [2.45, 2.75) is 5.52 Å². The summed E-state index contributed by atoms with van der Waals surface area (Å²) < 4.78 is 23.4. The van der Waals surface area contributed by atoms with Crippen molar-refractivity contribution in [3.63, 3.8) is 0 Å². The fourth-order valence-corrected chi connectivity index (χ4v) is 4.85. The first-order valence-corrected chi connectivity index (χ1v) is 8.10. The lowest BCUT2D eigenvalue weighted by molar-refractivity contribution is 0.574. The van der Waals surface area contributed by atoms with Gasteiger partial charge in [0.2, 0.25) is 0 Å². The van der Waals surface area contributed by atoms with E-state index in [0.29, 0.717) is 5.44 Å². The van der Waals surface area contributed by atoms with Crippen LogP contribution in [0, 0.1) is 0 Å². The molecule has 2 N–H and O–H groups in total. The van der Waals surface area contributed by atoms with Gasteiger partial charge in [-0.2, -0.15) is 0 Å². The van der Waals surface area contributed by atoms with E-state index in [9.17, 15) is 9.13 Å². The standard InChI is InChI=1S/C8H13N2O2P2/c1-13(11)8(9)14(2,12)7-5-3-4-6-10-7/h3-6,8H,9H2,1-2H3/q+1. The van der Waals surface area contributed by atoms with Crippen LogP contribution in [0.4, 0.5) is 0 Å². The minimum Gasteiger partial charge on any atom is -0.311 e. The van der Waals surface area contributed by atoms with Gasteiger partial charge in [-0.1, -0.05) is 10.6 Å². The zero-order chi connectivity index (χ0) is 10.8. The summed E-state index contributed by atoms with van der Waals surface area (Å²) in [7, 11) is -4.46. The van der Waals surface area contributed by atoms with Crippen molar-refractivity contribution in [2.24, 2.45) is 5.73 Å². The van der Waals surface area contributed by atoms with Gasteiger partial charge in [0.15, 0.2) is 7.14 Å². The summed E-state index contributed by atoms with van der Waals surface area (Å²) in [5.41, 5.74) is 5.28. The third-order valence-corrected chi connectivity index (χ3v) is 7.21. The monoisotopic (exact) mass is 231 g/mol. The third kappa shape index (κ3) is 2.27. The number of hydrogen-bond acceptors (Lipinski definition) is 4. The lowest BCUT2D eigenvalue weighted by Gasteiger charge is -2.11. The molecule has 1 aromatic rings. The van der Waals surface area contributed by atoms with E-state index >= 15 is 0 Å². The van der Waals surface area contributed by atoms with E-state index < -0.39 is 20.5 Å². The Morgan fingerprint density at radius 3 is 2.64 bits per heavy atom. The molecule has 3 unspecified atom stereocenters. The average molecular weight is 231 g/mol. The number of pyridine rings is 1. The van der Waals surface area contributed by atoms with E-state index in [1.807, 2.05) is 0 Å². The number of rotatable bonds is 3. The van der Waals surface area contributed by atoms with Gasteiger partial charge in [-0.3, -0.25) is 10.7 Å². The number of hydrogen-bond donors (Lipinski definition) is 1. The van der Waals surface area contributed by atoms with E-state index in [-0.39, 0.29) is 0 Å². The van der Waals surface area contributed by atoms with Crippen LogP contribution in [0.15, 0.2) is 24.4 Å². The first-order valence-electron chi connectivity index (χ1n) is 4.10. The Balaban J connectivity index is 3.09. The van der Waals surface area contributed by atoms with Gasteiger partial charge in [-0.25, -0.2) is 0 Å². The zero-order valence-corrected chi connectivity index (χ0v) is 9.91. The molecule has 1 heterocycles. The van der Waals surface area contributed by atoms with Gasteiger partial charge in [-0.05, 0) is 12.1 Å². The van der Waals surface area contributed by atoms with Crippen molar-refractivity contribution in [2.75, 3.05) is 13.3 Å². The Labute approximate surface area is 84.1 Å². The van der Waals surface area contributed by atoms with E-state index in [4.69, 9.17) is 5.73 Å². The van der Waals surface area contributed by atoms with Gasteiger partial charge < -0.3 is 4.57 Å². The molecule has 4 nitrogen and oxygen atoms in total. The van der Waals surface area contributed by atoms with Crippen LogP contribution in [0.25, 0.3) is 0 Å². The predicted molar refractivity (Wildman–Crippen MR) is 58.9 cm³/mol. The third-order valence-electron chi connectivity index (χ3n) is 1.98. The first-order chi connectivity index (χ1) is 6.46. The lowest BCUT2D eigenvalue weighted by Crippen LogP contribution is -2.23. The Morgan fingerprint density at radius 2 is 2.21 bits per heavy atom. The molecule has 0 aliphatic heterocycles. The number of nitrogens with two attached hydrogens (primary N) is 1. The average Bonchev–Trinajstić information content (AvgIpc) is 2.18. The maximum absolute atomic E-state index is 12.2. The molecule has 0 aliphatic carbocycles. The Kier molecular flexibility index (Phi) is 3.54. The molecule has 0 aromatic carbocycles. The minimum atomic E-state index is -2.81. The first kappa shape index (κ1) is 11.5. The molecule has 14 heavy (non-hydrogen) atoms. The summed E-state index contributed by atoms with van der Waals surface area (Å²) in [5.74, 6) is 0. The normalized spacial score (nSPS) is 18.4. The largest absolute Gasteiger partial charge is 0.362 e. The summed E-state index contributed by atoms with van der Waals surface area (Å²) in [6.07, 6.45) is 1.56. The quantitative estimate of drug-likeness (QED) is 0.798. The molecule has 3 atom stereocenters. The van der Waals surface area contributed by atoms with Crippen LogP contribution in [-0.4, -0.2) is 23.8 Å². The van der Waals surface area contributed by atoms with Crippen LogP contribution in [0.1, 0.15) is 0 Å². The van der Waals surface area contributed by atoms with Crippen LogP contribution in [0.5, 0.6) is 0 Å². The highest BCUT2D eigenvalue weighted by molar-refractivity contribution is 7.79. The predicted octanol–water partition coefficient (Wildman–Crippen LogP) is 1.40. The second-order valence-electron chi connectivity index (χ2n) is 3.14. The van der Waals surface area contributed by atoms with Gasteiger partial charge in [0.1, 0.15) is 12.1 Å². The van der Waals surface area contributed by atoms with E-state index in [2.05, 4.69) is 4.98 Å². The fourth-order valence-electron chi connectivity index (χ4n) is 1.06. The highest BCUT2D eigenvalue weighted by atomic mass is 31.2. The number of aromatic nitrogens is 1. The van der Waals surface area contributed by atoms with Crippen molar-refractivity contribution in [1.29, 1.82) is 0 Å². The van der Waals surface area contributed by atoms with Crippen LogP contribution >= 0.6 is 14.9 Å². The number of nitrogens with zero attached hydrogens (tertiary/aromatic N) is 1.